The fourth-order valence-corrected chi connectivity index (χ4v) is 4.13. The Kier molecular flexibility index (Phi) is 4.24. The lowest BCUT2D eigenvalue weighted by atomic mass is 10.1. The topological polar surface area (TPSA) is 63.2 Å². The van der Waals surface area contributed by atoms with Gasteiger partial charge >= 0.3 is 0 Å². The maximum atomic E-state index is 11.9. The molecule has 1 aliphatic heterocycles. The van der Waals surface area contributed by atoms with Gasteiger partial charge in [-0.3, -0.25) is 4.79 Å². The molecule has 2 rings (SSSR count). The number of amides is 1. The largest absolute Gasteiger partial charge is 0.352 e. The first-order valence-electron chi connectivity index (χ1n) is 6.58. The molecule has 1 atom stereocenters. The number of hydrogen-bond acceptors (Lipinski definition) is 3. The van der Waals surface area contributed by atoms with E-state index in [4.69, 9.17) is 0 Å². The smallest absolute Gasteiger partial charge is 0.251 e. The number of benzene rings is 1. The standard InChI is InChI=1S/C14H19NO3S/c1-2-11-3-5-13(6-4-11)14(16)15-9-12-7-8-19(17,18)10-12/h3-6,12H,2,7-10H2,1H3,(H,15,16). The number of sulfone groups is 1. The summed E-state index contributed by atoms with van der Waals surface area (Å²) in [6, 6.07) is 7.49. The van der Waals surface area contributed by atoms with Gasteiger partial charge in [0.25, 0.3) is 5.91 Å². The quantitative estimate of drug-likeness (QED) is 0.907. The summed E-state index contributed by atoms with van der Waals surface area (Å²) in [5.41, 5.74) is 1.82. The molecule has 1 N–H and O–H groups in total. The maximum absolute atomic E-state index is 11.9. The predicted molar refractivity (Wildman–Crippen MR) is 74.9 cm³/mol. The molecule has 1 saturated heterocycles. The van der Waals surface area contributed by atoms with E-state index in [9.17, 15) is 13.2 Å². The molecule has 1 aromatic carbocycles. The van der Waals surface area contributed by atoms with Crippen LogP contribution in [0.15, 0.2) is 24.3 Å². The summed E-state index contributed by atoms with van der Waals surface area (Å²) in [5.74, 6) is 0.372. The second-order valence-corrected chi connectivity index (χ2v) is 7.26. The van der Waals surface area contributed by atoms with Gasteiger partial charge < -0.3 is 5.32 Å². The van der Waals surface area contributed by atoms with E-state index < -0.39 is 9.84 Å². The van der Waals surface area contributed by atoms with E-state index in [0.717, 1.165) is 6.42 Å². The second kappa shape index (κ2) is 5.74. The normalized spacial score (nSPS) is 21.2. The molecule has 19 heavy (non-hydrogen) atoms. The zero-order valence-corrected chi connectivity index (χ0v) is 11.9. The predicted octanol–water partition coefficient (Wildman–Crippen LogP) is 1.41. The van der Waals surface area contributed by atoms with Gasteiger partial charge in [-0.25, -0.2) is 8.42 Å². The Hall–Kier alpha value is -1.36. The third-order valence-corrected chi connectivity index (χ3v) is 5.34. The molecular weight excluding hydrogens is 262 g/mol. The molecule has 0 bridgehead atoms. The fraction of sp³-hybridized carbons (Fsp3) is 0.500. The third-order valence-electron chi connectivity index (χ3n) is 3.50. The fourth-order valence-electron chi connectivity index (χ4n) is 2.26. The van der Waals surface area contributed by atoms with E-state index in [2.05, 4.69) is 12.2 Å². The summed E-state index contributed by atoms with van der Waals surface area (Å²) in [4.78, 5) is 11.9. The molecule has 1 unspecified atom stereocenters. The van der Waals surface area contributed by atoms with Crippen LogP contribution in [0, 0.1) is 5.92 Å². The van der Waals surface area contributed by atoms with Gasteiger partial charge in [0.05, 0.1) is 11.5 Å². The lowest BCUT2D eigenvalue weighted by molar-refractivity contribution is 0.0948. The minimum absolute atomic E-state index is 0.0591. The van der Waals surface area contributed by atoms with Crippen LogP contribution in [0.2, 0.25) is 0 Å². The number of carbonyl (C=O) groups excluding carboxylic acids is 1. The van der Waals surface area contributed by atoms with Crippen LogP contribution in [-0.2, 0) is 16.3 Å². The van der Waals surface area contributed by atoms with E-state index in [-0.39, 0.29) is 23.3 Å². The van der Waals surface area contributed by atoms with Crippen molar-refractivity contribution in [3.8, 4) is 0 Å². The molecule has 0 radical (unpaired) electrons. The molecule has 1 heterocycles. The molecule has 4 nitrogen and oxygen atoms in total. The molecule has 0 aliphatic carbocycles. The molecule has 0 saturated carbocycles. The van der Waals surface area contributed by atoms with Crippen molar-refractivity contribution in [3.05, 3.63) is 35.4 Å². The average Bonchev–Trinajstić information content (AvgIpc) is 2.76. The Balaban J connectivity index is 1.87. The van der Waals surface area contributed by atoms with E-state index in [0.29, 0.717) is 18.5 Å². The van der Waals surface area contributed by atoms with Gasteiger partial charge in [0.15, 0.2) is 9.84 Å². The first-order valence-corrected chi connectivity index (χ1v) is 8.40. The number of rotatable bonds is 4. The SMILES string of the molecule is CCc1ccc(C(=O)NCC2CCS(=O)(=O)C2)cc1. The summed E-state index contributed by atoms with van der Waals surface area (Å²) in [6.07, 6.45) is 1.60. The number of aryl methyl sites for hydroxylation is 1. The van der Waals surface area contributed by atoms with Crippen molar-refractivity contribution in [1.29, 1.82) is 0 Å². The number of carbonyl (C=O) groups is 1. The molecule has 104 valence electrons. The van der Waals surface area contributed by atoms with Crippen LogP contribution >= 0.6 is 0 Å². The van der Waals surface area contributed by atoms with Crippen LogP contribution in [-0.4, -0.2) is 32.4 Å². The van der Waals surface area contributed by atoms with E-state index in [1.165, 1.54) is 5.56 Å². The van der Waals surface area contributed by atoms with Gasteiger partial charge in [-0.05, 0) is 36.5 Å². The van der Waals surface area contributed by atoms with Crippen LogP contribution in [0.5, 0.6) is 0 Å². The minimum Gasteiger partial charge on any atom is -0.352 e. The van der Waals surface area contributed by atoms with Crippen molar-refractivity contribution in [3.63, 3.8) is 0 Å². The number of hydrogen-bond donors (Lipinski definition) is 1. The highest BCUT2D eigenvalue weighted by atomic mass is 32.2. The summed E-state index contributed by atoms with van der Waals surface area (Å²) in [7, 11) is -2.87. The zero-order chi connectivity index (χ0) is 13.9. The summed E-state index contributed by atoms with van der Waals surface area (Å²) in [6.45, 7) is 2.50. The van der Waals surface area contributed by atoms with Crippen molar-refractivity contribution in [2.45, 2.75) is 19.8 Å². The van der Waals surface area contributed by atoms with Crippen molar-refractivity contribution < 1.29 is 13.2 Å². The summed E-state index contributed by atoms with van der Waals surface area (Å²) >= 11 is 0. The average molecular weight is 281 g/mol. The molecule has 0 spiro atoms. The lowest BCUT2D eigenvalue weighted by Crippen LogP contribution is -2.29. The lowest BCUT2D eigenvalue weighted by Gasteiger charge is -2.09. The Morgan fingerprint density at radius 1 is 1.32 bits per heavy atom. The highest BCUT2D eigenvalue weighted by Crippen LogP contribution is 2.17. The number of nitrogens with one attached hydrogen (secondary N) is 1. The van der Waals surface area contributed by atoms with Gasteiger partial charge in [0, 0.05) is 12.1 Å². The molecule has 0 aromatic heterocycles. The van der Waals surface area contributed by atoms with Crippen LogP contribution in [0.4, 0.5) is 0 Å². The van der Waals surface area contributed by atoms with Gasteiger partial charge in [0.2, 0.25) is 0 Å². The highest BCUT2D eigenvalue weighted by Gasteiger charge is 2.27. The molecular formula is C14H19NO3S. The van der Waals surface area contributed by atoms with Crippen LogP contribution < -0.4 is 5.32 Å². The van der Waals surface area contributed by atoms with Crippen molar-refractivity contribution in [2.75, 3.05) is 18.1 Å². The first-order chi connectivity index (χ1) is 9.00. The third kappa shape index (κ3) is 3.80. The van der Waals surface area contributed by atoms with E-state index in [1.807, 2.05) is 12.1 Å². The van der Waals surface area contributed by atoms with Gasteiger partial charge in [-0.2, -0.15) is 0 Å². The molecule has 1 amide bonds. The molecule has 1 aliphatic rings. The highest BCUT2D eigenvalue weighted by molar-refractivity contribution is 7.91. The molecule has 1 fully saturated rings. The van der Waals surface area contributed by atoms with Crippen LogP contribution in [0.1, 0.15) is 29.3 Å². The Labute approximate surface area is 114 Å². The second-order valence-electron chi connectivity index (χ2n) is 5.03. The maximum Gasteiger partial charge on any atom is 0.251 e. The zero-order valence-electron chi connectivity index (χ0n) is 11.1. The van der Waals surface area contributed by atoms with Crippen molar-refractivity contribution in [1.82, 2.24) is 5.32 Å². The van der Waals surface area contributed by atoms with Crippen molar-refractivity contribution in [2.24, 2.45) is 5.92 Å². The monoisotopic (exact) mass is 281 g/mol. The Morgan fingerprint density at radius 3 is 2.53 bits per heavy atom. The van der Waals surface area contributed by atoms with Gasteiger partial charge in [-0.15, -0.1) is 0 Å². The van der Waals surface area contributed by atoms with Gasteiger partial charge in [-0.1, -0.05) is 19.1 Å². The summed E-state index contributed by atoms with van der Waals surface area (Å²) < 4.78 is 22.6. The van der Waals surface area contributed by atoms with Crippen LogP contribution in [0.25, 0.3) is 0 Å². The van der Waals surface area contributed by atoms with Crippen LogP contribution in [0.3, 0.4) is 0 Å². The van der Waals surface area contributed by atoms with E-state index >= 15 is 0 Å². The Bertz CT molecular complexity index is 549. The Morgan fingerprint density at radius 2 is 2.00 bits per heavy atom. The van der Waals surface area contributed by atoms with Gasteiger partial charge in [0.1, 0.15) is 0 Å². The van der Waals surface area contributed by atoms with Crippen molar-refractivity contribution >= 4 is 15.7 Å². The first kappa shape index (κ1) is 14.1. The van der Waals surface area contributed by atoms with E-state index in [1.54, 1.807) is 12.1 Å². The summed E-state index contributed by atoms with van der Waals surface area (Å²) in [5, 5.41) is 2.81. The minimum atomic E-state index is -2.87. The molecule has 1 aromatic rings. The molecule has 5 heteroatoms.